The molecule has 2 atom stereocenters. The Morgan fingerprint density at radius 2 is 2.00 bits per heavy atom. The predicted molar refractivity (Wildman–Crippen MR) is 68.6 cm³/mol. The Kier molecular flexibility index (Phi) is 5.70. The fraction of sp³-hybridized carbons (Fsp3) is 0.500. The van der Waals surface area contributed by atoms with Gasteiger partial charge in [0.1, 0.15) is 0 Å². The Labute approximate surface area is 103 Å². The second-order valence-electron chi connectivity index (χ2n) is 4.39. The van der Waals surface area contributed by atoms with E-state index in [1.807, 2.05) is 44.2 Å². The van der Waals surface area contributed by atoms with E-state index in [4.69, 9.17) is 0 Å². The molecule has 0 fully saturated rings. The summed E-state index contributed by atoms with van der Waals surface area (Å²) in [5.41, 5.74) is 1.12. The highest BCUT2D eigenvalue weighted by atomic mass is 16.3. The molecule has 3 heteroatoms. The van der Waals surface area contributed by atoms with Crippen molar-refractivity contribution in [3.63, 3.8) is 0 Å². The zero-order valence-corrected chi connectivity index (χ0v) is 10.5. The van der Waals surface area contributed by atoms with Gasteiger partial charge in [0.25, 0.3) is 0 Å². The van der Waals surface area contributed by atoms with E-state index in [9.17, 15) is 9.90 Å². The molecule has 17 heavy (non-hydrogen) atoms. The van der Waals surface area contributed by atoms with Crippen molar-refractivity contribution in [2.75, 3.05) is 6.61 Å². The molecule has 0 aliphatic carbocycles. The lowest BCUT2D eigenvalue weighted by Crippen LogP contribution is -2.41. The van der Waals surface area contributed by atoms with Crippen molar-refractivity contribution in [3.8, 4) is 0 Å². The zero-order chi connectivity index (χ0) is 12.7. The maximum absolute atomic E-state index is 11.7. The summed E-state index contributed by atoms with van der Waals surface area (Å²) >= 11 is 0. The fourth-order valence-corrected chi connectivity index (χ4v) is 1.59. The van der Waals surface area contributed by atoms with Crippen molar-refractivity contribution >= 4 is 5.91 Å². The van der Waals surface area contributed by atoms with Crippen LogP contribution >= 0.6 is 0 Å². The van der Waals surface area contributed by atoms with Crippen LogP contribution in [-0.4, -0.2) is 23.7 Å². The van der Waals surface area contributed by atoms with Crippen LogP contribution in [-0.2, 0) is 11.2 Å². The highest BCUT2D eigenvalue weighted by molar-refractivity contribution is 5.78. The third-order valence-electron chi connectivity index (χ3n) is 2.95. The van der Waals surface area contributed by atoms with Crippen LogP contribution in [0.5, 0.6) is 0 Å². The van der Waals surface area contributed by atoms with Crippen molar-refractivity contribution in [2.45, 2.75) is 32.7 Å². The lowest BCUT2D eigenvalue weighted by atomic mass is 10.0. The van der Waals surface area contributed by atoms with E-state index < -0.39 is 0 Å². The van der Waals surface area contributed by atoms with Gasteiger partial charge in [-0.15, -0.1) is 0 Å². The van der Waals surface area contributed by atoms with Crippen LogP contribution in [0.25, 0.3) is 0 Å². The molecule has 0 spiro atoms. The Hall–Kier alpha value is -1.35. The number of hydrogen-bond acceptors (Lipinski definition) is 2. The Balaban J connectivity index is 2.52. The van der Waals surface area contributed by atoms with Gasteiger partial charge in [-0.1, -0.05) is 44.2 Å². The molecule has 0 aliphatic rings. The second-order valence-corrected chi connectivity index (χ2v) is 4.39. The molecule has 1 aromatic carbocycles. The van der Waals surface area contributed by atoms with Crippen LogP contribution in [0.2, 0.25) is 0 Å². The number of hydrogen-bond donors (Lipinski definition) is 2. The first kappa shape index (κ1) is 13.7. The smallest absolute Gasteiger partial charge is 0.223 e. The summed E-state index contributed by atoms with van der Waals surface area (Å²) in [5.74, 6) is 0.0160. The molecule has 0 saturated heterocycles. The van der Waals surface area contributed by atoms with Crippen LogP contribution in [0.3, 0.4) is 0 Å². The van der Waals surface area contributed by atoms with Gasteiger partial charge in [-0.2, -0.15) is 0 Å². The van der Waals surface area contributed by atoms with Crippen molar-refractivity contribution < 1.29 is 9.90 Å². The number of carbonyl (C=O) groups excluding carboxylic acids is 1. The van der Waals surface area contributed by atoms with Crippen molar-refractivity contribution in [1.29, 1.82) is 0 Å². The Morgan fingerprint density at radius 1 is 1.35 bits per heavy atom. The van der Waals surface area contributed by atoms with E-state index in [-0.39, 0.29) is 24.5 Å². The van der Waals surface area contributed by atoms with Crippen LogP contribution in [0.15, 0.2) is 30.3 Å². The Bertz CT molecular complexity index is 337. The highest BCUT2D eigenvalue weighted by Gasteiger charge is 2.15. The van der Waals surface area contributed by atoms with Gasteiger partial charge in [0.2, 0.25) is 5.91 Å². The number of benzene rings is 1. The van der Waals surface area contributed by atoms with Gasteiger partial charge in [0, 0.05) is 5.92 Å². The molecule has 1 amide bonds. The van der Waals surface area contributed by atoms with Crippen LogP contribution < -0.4 is 5.32 Å². The monoisotopic (exact) mass is 235 g/mol. The zero-order valence-electron chi connectivity index (χ0n) is 10.5. The summed E-state index contributed by atoms with van der Waals surface area (Å²) in [6.07, 6.45) is 1.48. The van der Waals surface area contributed by atoms with Crippen molar-refractivity contribution in [3.05, 3.63) is 35.9 Å². The molecule has 0 aliphatic heterocycles. The molecule has 0 heterocycles. The molecule has 0 aromatic heterocycles. The van der Waals surface area contributed by atoms with E-state index >= 15 is 0 Å². The van der Waals surface area contributed by atoms with Gasteiger partial charge in [-0.3, -0.25) is 4.79 Å². The molecule has 2 N–H and O–H groups in total. The lowest BCUT2D eigenvalue weighted by Gasteiger charge is -2.18. The van der Waals surface area contributed by atoms with Gasteiger partial charge in [-0.25, -0.2) is 0 Å². The molecule has 3 nitrogen and oxygen atoms in total. The van der Waals surface area contributed by atoms with Gasteiger partial charge in [0.15, 0.2) is 0 Å². The predicted octanol–water partition coefficient (Wildman–Crippen LogP) is 1.75. The third kappa shape index (κ3) is 4.57. The number of nitrogens with one attached hydrogen (secondary N) is 1. The molecule has 1 aromatic rings. The average molecular weight is 235 g/mol. The van der Waals surface area contributed by atoms with Gasteiger partial charge >= 0.3 is 0 Å². The number of rotatable bonds is 6. The van der Waals surface area contributed by atoms with Crippen LogP contribution in [0.1, 0.15) is 25.8 Å². The van der Waals surface area contributed by atoms with E-state index in [1.165, 1.54) is 0 Å². The first-order valence-corrected chi connectivity index (χ1v) is 6.12. The number of carbonyl (C=O) groups is 1. The van der Waals surface area contributed by atoms with Crippen LogP contribution in [0, 0.1) is 5.92 Å². The quantitative estimate of drug-likeness (QED) is 0.789. The summed E-state index contributed by atoms with van der Waals surface area (Å²) in [6, 6.07) is 9.67. The minimum absolute atomic E-state index is 0.000164. The molecule has 0 bridgehead atoms. The van der Waals surface area contributed by atoms with E-state index in [0.717, 1.165) is 12.0 Å². The van der Waals surface area contributed by atoms with Gasteiger partial charge in [0.05, 0.1) is 12.6 Å². The maximum atomic E-state index is 11.7. The topological polar surface area (TPSA) is 49.3 Å². The first-order chi connectivity index (χ1) is 8.17. The molecular formula is C14H21NO2. The van der Waals surface area contributed by atoms with Crippen molar-refractivity contribution in [2.24, 2.45) is 5.92 Å². The number of amides is 1. The third-order valence-corrected chi connectivity index (χ3v) is 2.95. The highest BCUT2D eigenvalue weighted by Crippen LogP contribution is 2.05. The molecule has 1 rings (SSSR count). The fourth-order valence-electron chi connectivity index (χ4n) is 1.59. The lowest BCUT2D eigenvalue weighted by molar-refractivity contribution is -0.125. The van der Waals surface area contributed by atoms with E-state index in [1.54, 1.807) is 0 Å². The molecular weight excluding hydrogens is 214 g/mol. The summed E-state index contributed by atoms with van der Waals surface area (Å²) in [4.78, 5) is 11.7. The van der Waals surface area contributed by atoms with Gasteiger partial charge in [-0.05, 0) is 18.4 Å². The molecule has 94 valence electrons. The average Bonchev–Trinajstić information content (AvgIpc) is 2.38. The van der Waals surface area contributed by atoms with E-state index in [0.29, 0.717) is 6.42 Å². The maximum Gasteiger partial charge on any atom is 0.223 e. The normalized spacial score (nSPS) is 14.1. The van der Waals surface area contributed by atoms with Gasteiger partial charge < -0.3 is 10.4 Å². The molecule has 1 unspecified atom stereocenters. The summed E-state index contributed by atoms with van der Waals surface area (Å²) < 4.78 is 0. The molecule has 0 saturated carbocycles. The van der Waals surface area contributed by atoms with Crippen LogP contribution in [0.4, 0.5) is 0 Å². The summed E-state index contributed by atoms with van der Waals surface area (Å²) in [7, 11) is 0. The number of aliphatic hydroxyl groups is 1. The van der Waals surface area contributed by atoms with Crippen molar-refractivity contribution in [1.82, 2.24) is 5.32 Å². The largest absolute Gasteiger partial charge is 0.394 e. The van der Waals surface area contributed by atoms with E-state index in [2.05, 4.69) is 5.32 Å². The molecule has 0 radical (unpaired) electrons. The number of aliphatic hydroxyl groups excluding tert-OH is 1. The SMILES string of the molecule is CCC(C)C(=O)N[C@@H](CO)Cc1ccccc1. The summed E-state index contributed by atoms with van der Waals surface area (Å²) in [5, 5.41) is 12.2. The summed E-state index contributed by atoms with van der Waals surface area (Å²) in [6.45, 7) is 3.85. The standard InChI is InChI=1S/C14H21NO2/c1-3-11(2)14(17)15-13(10-16)9-12-7-5-4-6-8-12/h4-8,11,13,16H,3,9-10H2,1-2H3,(H,15,17)/t11?,13-/m1/s1. The minimum Gasteiger partial charge on any atom is -0.394 e. The minimum atomic E-state index is -0.195. The first-order valence-electron chi connectivity index (χ1n) is 6.12. The Morgan fingerprint density at radius 3 is 2.53 bits per heavy atom. The second kappa shape index (κ2) is 7.07.